The number of benzene rings is 1. The van der Waals surface area contributed by atoms with Gasteiger partial charge in [0.05, 0.1) is 5.56 Å². The molecule has 0 spiro atoms. The van der Waals surface area contributed by atoms with Crippen molar-refractivity contribution in [3.63, 3.8) is 0 Å². The zero-order valence-electron chi connectivity index (χ0n) is 6.36. The van der Waals surface area contributed by atoms with E-state index in [9.17, 15) is 4.79 Å². The van der Waals surface area contributed by atoms with Crippen molar-refractivity contribution in [1.29, 1.82) is 0 Å². The van der Waals surface area contributed by atoms with Crippen molar-refractivity contribution in [3.05, 3.63) is 29.8 Å². The molecule has 1 rings (SSSR count). The van der Waals surface area contributed by atoms with E-state index in [-0.39, 0.29) is 30.5 Å². The van der Waals surface area contributed by atoms with Gasteiger partial charge in [0.25, 0.3) is 0 Å². The molecule has 0 aliphatic heterocycles. The first-order valence-corrected chi connectivity index (χ1v) is 2.79. The molecular weight excluding hydrogens is 211 g/mol. The van der Waals surface area contributed by atoms with Crippen molar-refractivity contribution < 1.29 is 34.9 Å². The van der Waals surface area contributed by atoms with Crippen LogP contribution in [0.3, 0.4) is 0 Å². The van der Waals surface area contributed by atoms with E-state index in [4.69, 9.17) is 10.8 Å². The number of carboxylic acid groups (broad SMARTS) is 1. The van der Waals surface area contributed by atoms with E-state index in [1.807, 2.05) is 0 Å². The molecule has 1 aromatic rings. The minimum atomic E-state index is -0.988. The number of hydrogen-bond acceptors (Lipinski definition) is 2. The second-order valence-corrected chi connectivity index (χ2v) is 1.89. The maximum Gasteiger partial charge on any atom is 2.00 e. The first-order valence-electron chi connectivity index (χ1n) is 2.79. The van der Waals surface area contributed by atoms with E-state index in [1.165, 1.54) is 6.07 Å². The number of nitrogens with two attached hydrogens (primary N) is 1. The van der Waals surface area contributed by atoms with Crippen LogP contribution in [0.1, 0.15) is 10.4 Å². The summed E-state index contributed by atoms with van der Waals surface area (Å²) in [5.74, 6) is -0.988. The summed E-state index contributed by atoms with van der Waals surface area (Å²) in [6.45, 7) is 0. The Balaban J connectivity index is 0. The summed E-state index contributed by atoms with van der Waals surface area (Å²) in [7, 11) is 0. The Morgan fingerprint density at radius 2 is 1.83 bits per heavy atom. The Kier molecular flexibility index (Phi) is 6.47. The fourth-order valence-electron chi connectivity index (χ4n) is 0.692. The number of carboxylic acids is 1. The molecule has 3 N–H and O–H groups in total. The molecule has 0 aromatic heterocycles. The zero-order valence-corrected chi connectivity index (χ0v) is 9.32. The molecule has 0 heterocycles. The first kappa shape index (κ1) is 13.6. The molecule has 0 amide bonds. The quantitative estimate of drug-likeness (QED) is 0.541. The summed E-state index contributed by atoms with van der Waals surface area (Å²) in [5.41, 5.74) is 5.80. The van der Waals surface area contributed by atoms with Gasteiger partial charge in [-0.3, -0.25) is 0 Å². The third kappa shape index (κ3) is 2.99. The zero-order chi connectivity index (χ0) is 7.56. The van der Waals surface area contributed by atoms with Gasteiger partial charge in [-0.2, -0.15) is 0 Å². The smallest absolute Gasteiger partial charge is 2.00 e. The molecule has 0 atom stereocenters. The molecule has 0 bridgehead atoms. The Morgan fingerprint density at radius 1 is 1.33 bits per heavy atom. The van der Waals surface area contributed by atoms with Gasteiger partial charge in [-0.1, -0.05) is 12.1 Å². The third-order valence-electron chi connectivity index (χ3n) is 1.19. The summed E-state index contributed by atoms with van der Waals surface area (Å²) in [5, 5.41) is 8.49. The fraction of sp³-hybridized carbons (Fsp3) is 0. The SMILES string of the molecule is Nc1ccccc1C(=O)O.[O-2].[Zn+2]. The van der Waals surface area contributed by atoms with Crippen LogP contribution in [0, 0.1) is 0 Å². The Bertz CT molecular complexity index is 265. The van der Waals surface area contributed by atoms with Gasteiger partial charge in [0.2, 0.25) is 0 Å². The van der Waals surface area contributed by atoms with Gasteiger partial charge in [0.15, 0.2) is 0 Å². The molecule has 60 valence electrons. The summed E-state index contributed by atoms with van der Waals surface area (Å²) in [6.07, 6.45) is 0. The van der Waals surface area contributed by atoms with E-state index in [2.05, 4.69) is 0 Å². The molecule has 0 aliphatic carbocycles. The van der Waals surface area contributed by atoms with Crippen LogP contribution in [0.5, 0.6) is 0 Å². The van der Waals surface area contributed by atoms with Gasteiger partial charge in [-0.25, -0.2) is 4.79 Å². The average Bonchev–Trinajstić information content (AvgIpc) is 1.88. The molecule has 5 heteroatoms. The second-order valence-electron chi connectivity index (χ2n) is 1.89. The molecular formula is C7H7NO3Zn. The maximum atomic E-state index is 10.3. The van der Waals surface area contributed by atoms with Crippen LogP contribution in [-0.4, -0.2) is 11.1 Å². The molecule has 0 saturated heterocycles. The molecule has 12 heavy (non-hydrogen) atoms. The monoisotopic (exact) mass is 217 g/mol. The number of nitrogen functional groups attached to an aromatic ring is 1. The molecule has 4 nitrogen and oxygen atoms in total. The van der Waals surface area contributed by atoms with Crippen LogP contribution in [0.4, 0.5) is 5.69 Å². The first-order chi connectivity index (χ1) is 4.72. The third-order valence-corrected chi connectivity index (χ3v) is 1.19. The van der Waals surface area contributed by atoms with Gasteiger partial charge in [-0.15, -0.1) is 0 Å². The number of aromatic carboxylic acids is 1. The van der Waals surface area contributed by atoms with Gasteiger partial charge < -0.3 is 16.3 Å². The summed E-state index contributed by atoms with van der Waals surface area (Å²) in [6, 6.07) is 6.36. The summed E-state index contributed by atoms with van der Waals surface area (Å²) in [4.78, 5) is 10.3. The minimum absolute atomic E-state index is 0. The van der Waals surface area contributed by atoms with Crippen LogP contribution in [0.25, 0.3) is 0 Å². The van der Waals surface area contributed by atoms with Crippen molar-refractivity contribution in [2.75, 3.05) is 5.73 Å². The predicted octanol–water partition coefficient (Wildman–Crippen LogP) is 0.846. The van der Waals surface area contributed by atoms with Crippen LogP contribution in [0.2, 0.25) is 0 Å². The van der Waals surface area contributed by atoms with E-state index in [1.54, 1.807) is 18.2 Å². The minimum Gasteiger partial charge on any atom is -2.00 e. The van der Waals surface area contributed by atoms with Crippen LogP contribution in [-0.2, 0) is 25.0 Å². The topological polar surface area (TPSA) is 91.8 Å². The largest absolute Gasteiger partial charge is 2.00 e. The average molecular weight is 219 g/mol. The normalized spacial score (nSPS) is 7.67. The predicted molar refractivity (Wildman–Crippen MR) is 38.5 cm³/mol. The molecule has 0 unspecified atom stereocenters. The number of anilines is 1. The number of hydrogen-bond donors (Lipinski definition) is 2. The van der Waals surface area contributed by atoms with E-state index in [0.29, 0.717) is 5.69 Å². The molecule has 1 aromatic carbocycles. The number of carbonyl (C=O) groups is 1. The van der Waals surface area contributed by atoms with E-state index in [0.717, 1.165) is 0 Å². The summed E-state index contributed by atoms with van der Waals surface area (Å²) >= 11 is 0. The van der Waals surface area contributed by atoms with Gasteiger partial charge in [0.1, 0.15) is 0 Å². The van der Waals surface area contributed by atoms with Crippen LogP contribution >= 0.6 is 0 Å². The van der Waals surface area contributed by atoms with Crippen LogP contribution in [0.15, 0.2) is 24.3 Å². The van der Waals surface area contributed by atoms with E-state index < -0.39 is 5.97 Å². The van der Waals surface area contributed by atoms with Crippen LogP contribution < -0.4 is 5.73 Å². The van der Waals surface area contributed by atoms with Crippen molar-refractivity contribution in [1.82, 2.24) is 0 Å². The van der Waals surface area contributed by atoms with Gasteiger partial charge >= 0.3 is 25.4 Å². The Morgan fingerprint density at radius 3 is 2.17 bits per heavy atom. The fourth-order valence-corrected chi connectivity index (χ4v) is 0.692. The summed E-state index contributed by atoms with van der Waals surface area (Å²) < 4.78 is 0. The Labute approximate surface area is 82.5 Å². The number of rotatable bonds is 1. The van der Waals surface area contributed by atoms with Crippen molar-refractivity contribution >= 4 is 11.7 Å². The van der Waals surface area contributed by atoms with Crippen molar-refractivity contribution in [2.24, 2.45) is 0 Å². The van der Waals surface area contributed by atoms with Crippen molar-refractivity contribution in [2.45, 2.75) is 0 Å². The molecule has 0 fully saturated rings. The van der Waals surface area contributed by atoms with Gasteiger partial charge in [0, 0.05) is 5.69 Å². The molecule has 0 radical (unpaired) electrons. The number of para-hydroxylation sites is 1. The molecule has 0 saturated carbocycles. The molecule has 0 aliphatic rings. The maximum absolute atomic E-state index is 10.3. The van der Waals surface area contributed by atoms with E-state index >= 15 is 0 Å². The van der Waals surface area contributed by atoms with Crippen molar-refractivity contribution in [3.8, 4) is 0 Å². The second kappa shape index (κ2) is 5.69. The van der Waals surface area contributed by atoms with Gasteiger partial charge in [-0.05, 0) is 12.1 Å². The Hall–Kier alpha value is -0.927. The standard InChI is InChI=1S/C7H7NO2.O.Zn/c8-6-4-2-1-3-5(6)7(9)10;;/h1-4H,8H2,(H,9,10);;/q;-2;+2.